The number of anilines is 1. The number of aryl methyl sites for hydroxylation is 1. The molecule has 2 aromatic carbocycles. The SMILES string of the molecule is Cn1ncc(/C=C/C(=O)Nc2ccc(CCO)cc2)c1-c1ccc(F)cc1. The number of amides is 1. The third-order valence-corrected chi connectivity index (χ3v) is 4.12. The van der Waals surface area contributed by atoms with Gasteiger partial charge in [0.25, 0.3) is 0 Å². The van der Waals surface area contributed by atoms with E-state index in [1.54, 1.807) is 48.3 Å². The molecule has 0 saturated carbocycles. The number of aliphatic hydroxyl groups is 1. The second kappa shape index (κ2) is 8.42. The maximum absolute atomic E-state index is 13.2. The van der Waals surface area contributed by atoms with E-state index in [0.717, 1.165) is 22.4 Å². The first kappa shape index (κ1) is 18.5. The Bertz CT molecular complexity index is 945. The molecule has 0 aliphatic carbocycles. The van der Waals surface area contributed by atoms with Gasteiger partial charge in [-0.2, -0.15) is 5.10 Å². The maximum Gasteiger partial charge on any atom is 0.248 e. The molecular weight excluding hydrogens is 345 g/mol. The van der Waals surface area contributed by atoms with Gasteiger partial charge in [-0.1, -0.05) is 12.1 Å². The summed E-state index contributed by atoms with van der Waals surface area (Å²) in [5, 5.41) is 15.9. The highest BCUT2D eigenvalue weighted by Gasteiger charge is 2.09. The average molecular weight is 365 g/mol. The molecule has 27 heavy (non-hydrogen) atoms. The number of halogens is 1. The van der Waals surface area contributed by atoms with Crippen molar-refractivity contribution in [3.8, 4) is 11.3 Å². The number of carbonyl (C=O) groups is 1. The number of benzene rings is 2. The second-order valence-corrected chi connectivity index (χ2v) is 6.07. The summed E-state index contributed by atoms with van der Waals surface area (Å²) < 4.78 is 14.8. The highest BCUT2D eigenvalue weighted by atomic mass is 19.1. The number of aliphatic hydroxyl groups excluding tert-OH is 1. The second-order valence-electron chi connectivity index (χ2n) is 6.07. The molecule has 2 N–H and O–H groups in total. The van der Waals surface area contributed by atoms with Gasteiger partial charge in [0.2, 0.25) is 5.91 Å². The van der Waals surface area contributed by atoms with Crippen LogP contribution in [-0.2, 0) is 18.3 Å². The van der Waals surface area contributed by atoms with Crippen molar-refractivity contribution in [1.82, 2.24) is 9.78 Å². The largest absolute Gasteiger partial charge is 0.396 e. The van der Waals surface area contributed by atoms with Crippen molar-refractivity contribution in [2.45, 2.75) is 6.42 Å². The van der Waals surface area contributed by atoms with Crippen LogP contribution in [0.5, 0.6) is 0 Å². The maximum atomic E-state index is 13.2. The molecule has 0 saturated heterocycles. The topological polar surface area (TPSA) is 67.2 Å². The van der Waals surface area contributed by atoms with Crippen molar-refractivity contribution in [3.05, 3.63) is 77.7 Å². The lowest BCUT2D eigenvalue weighted by Crippen LogP contribution is -2.07. The minimum atomic E-state index is -0.303. The molecule has 5 nitrogen and oxygen atoms in total. The van der Waals surface area contributed by atoms with Crippen LogP contribution < -0.4 is 5.32 Å². The Morgan fingerprint density at radius 1 is 1.19 bits per heavy atom. The van der Waals surface area contributed by atoms with E-state index >= 15 is 0 Å². The fraction of sp³-hybridized carbons (Fsp3) is 0.143. The number of aromatic nitrogens is 2. The van der Waals surface area contributed by atoms with Gasteiger partial charge in [0, 0.05) is 36.5 Å². The van der Waals surface area contributed by atoms with Crippen molar-refractivity contribution in [3.63, 3.8) is 0 Å². The smallest absolute Gasteiger partial charge is 0.248 e. The number of nitrogens with one attached hydrogen (secondary N) is 1. The van der Waals surface area contributed by atoms with Crippen molar-refractivity contribution in [1.29, 1.82) is 0 Å². The van der Waals surface area contributed by atoms with E-state index in [-0.39, 0.29) is 18.3 Å². The van der Waals surface area contributed by atoms with Crippen molar-refractivity contribution in [2.24, 2.45) is 7.05 Å². The third-order valence-electron chi connectivity index (χ3n) is 4.12. The molecule has 138 valence electrons. The van der Waals surface area contributed by atoms with E-state index < -0.39 is 0 Å². The van der Waals surface area contributed by atoms with Crippen LogP contribution in [0, 0.1) is 5.82 Å². The number of hydrogen-bond donors (Lipinski definition) is 2. The minimum absolute atomic E-state index is 0.0932. The van der Waals surface area contributed by atoms with Gasteiger partial charge >= 0.3 is 0 Å². The Kier molecular flexibility index (Phi) is 5.78. The van der Waals surface area contributed by atoms with Crippen molar-refractivity contribution >= 4 is 17.7 Å². The Morgan fingerprint density at radius 2 is 1.89 bits per heavy atom. The Hall–Kier alpha value is -3.25. The summed E-state index contributed by atoms with van der Waals surface area (Å²) in [5.74, 6) is -0.568. The quantitative estimate of drug-likeness (QED) is 0.658. The molecule has 3 aromatic rings. The summed E-state index contributed by atoms with van der Waals surface area (Å²) in [6, 6.07) is 13.5. The lowest BCUT2D eigenvalue weighted by Gasteiger charge is -2.05. The van der Waals surface area contributed by atoms with Gasteiger partial charge < -0.3 is 10.4 Å². The van der Waals surface area contributed by atoms with Gasteiger partial charge in [-0.05, 0) is 54.5 Å². The molecule has 0 unspecified atom stereocenters. The van der Waals surface area contributed by atoms with Gasteiger partial charge in [0.1, 0.15) is 5.82 Å². The third kappa shape index (κ3) is 4.68. The summed E-state index contributed by atoms with van der Waals surface area (Å²) in [6.45, 7) is 0.0932. The van der Waals surface area contributed by atoms with E-state index in [1.165, 1.54) is 18.2 Å². The zero-order valence-corrected chi connectivity index (χ0v) is 14.9. The molecular formula is C21H20FN3O2. The number of hydrogen-bond acceptors (Lipinski definition) is 3. The number of nitrogens with zero attached hydrogens (tertiary/aromatic N) is 2. The summed E-state index contributed by atoms with van der Waals surface area (Å²) in [7, 11) is 1.80. The fourth-order valence-corrected chi connectivity index (χ4v) is 2.77. The minimum Gasteiger partial charge on any atom is -0.396 e. The Morgan fingerprint density at radius 3 is 2.56 bits per heavy atom. The van der Waals surface area contributed by atoms with Crippen LogP contribution in [0.3, 0.4) is 0 Å². The van der Waals surface area contributed by atoms with Crippen LogP contribution >= 0.6 is 0 Å². The van der Waals surface area contributed by atoms with Gasteiger partial charge in [-0.15, -0.1) is 0 Å². The molecule has 0 aliphatic heterocycles. The van der Waals surface area contributed by atoms with Gasteiger partial charge in [0.05, 0.1) is 11.9 Å². The van der Waals surface area contributed by atoms with Gasteiger partial charge in [-0.3, -0.25) is 9.48 Å². The van der Waals surface area contributed by atoms with Crippen LogP contribution in [0.2, 0.25) is 0 Å². The first-order valence-corrected chi connectivity index (χ1v) is 8.53. The van der Waals surface area contributed by atoms with E-state index in [2.05, 4.69) is 10.4 Å². The van der Waals surface area contributed by atoms with Gasteiger partial charge in [-0.25, -0.2) is 4.39 Å². The zero-order valence-electron chi connectivity index (χ0n) is 14.9. The highest BCUT2D eigenvalue weighted by molar-refractivity contribution is 6.02. The van der Waals surface area contributed by atoms with Crippen LogP contribution in [0.25, 0.3) is 17.3 Å². The Balaban J connectivity index is 1.72. The molecule has 1 aromatic heterocycles. The lowest BCUT2D eigenvalue weighted by atomic mass is 10.1. The molecule has 0 fully saturated rings. The summed E-state index contributed by atoms with van der Waals surface area (Å²) >= 11 is 0. The van der Waals surface area contributed by atoms with E-state index in [0.29, 0.717) is 12.1 Å². The number of carbonyl (C=O) groups excluding carboxylic acids is 1. The van der Waals surface area contributed by atoms with Crippen molar-refractivity contribution < 1.29 is 14.3 Å². The van der Waals surface area contributed by atoms with Crippen LogP contribution in [0.15, 0.2) is 60.8 Å². The van der Waals surface area contributed by atoms with Crippen LogP contribution in [-0.4, -0.2) is 27.4 Å². The van der Waals surface area contributed by atoms with E-state index in [1.807, 2.05) is 12.1 Å². The zero-order chi connectivity index (χ0) is 19.2. The molecule has 0 spiro atoms. The van der Waals surface area contributed by atoms with Crippen molar-refractivity contribution in [2.75, 3.05) is 11.9 Å². The number of rotatable bonds is 6. The van der Waals surface area contributed by atoms with Crippen LogP contribution in [0.1, 0.15) is 11.1 Å². The summed E-state index contributed by atoms with van der Waals surface area (Å²) in [6.07, 6.45) is 5.36. The molecule has 6 heteroatoms. The van der Waals surface area contributed by atoms with Gasteiger partial charge in [0.15, 0.2) is 0 Å². The molecule has 1 heterocycles. The van der Waals surface area contributed by atoms with E-state index in [4.69, 9.17) is 5.11 Å². The molecule has 0 atom stereocenters. The van der Waals surface area contributed by atoms with E-state index in [9.17, 15) is 9.18 Å². The summed E-state index contributed by atoms with van der Waals surface area (Å²) in [5.41, 5.74) is 4.06. The normalized spacial score (nSPS) is 11.1. The molecule has 0 aliphatic rings. The Labute approximate surface area is 156 Å². The predicted octanol–water partition coefficient (Wildman–Crippen LogP) is 3.41. The first-order valence-electron chi connectivity index (χ1n) is 8.53. The lowest BCUT2D eigenvalue weighted by molar-refractivity contribution is -0.111. The average Bonchev–Trinajstić information content (AvgIpc) is 3.03. The molecule has 0 bridgehead atoms. The fourth-order valence-electron chi connectivity index (χ4n) is 2.77. The highest BCUT2D eigenvalue weighted by Crippen LogP contribution is 2.24. The summed E-state index contributed by atoms with van der Waals surface area (Å²) in [4.78, 5) is 12.2. The van der Waals surface area contributed by atoms with Crippen LogP contribution in [0.4, 0.5) is 10.1 Å². The molecule has 0 radical (unpaired) electrons. The predicted molar refractivity (Wildman–Crippen MR) is 103 cm³/mol. The molecule has 1 amide bonds. The standard InChI is InChI=1S/C21H20FN3O2/c1-25-21(16-4-7-18(22)8-5-16)17(14-23-25)6-11-20(27)24-19-9-2-15(3-10-19)12-13-26/h2-11,14,26H,12-13H2,1H3,(H,24,27)/b11-6+. The first-order chi connectivity index (χ1) is 13.1. The molecule has 3 rings (SSSR count). The monoisotopic (exact) mass is 365 g/mol.